The number of alkyl carbamates (subject to hydrolysis) is 1. The molecule has 0 aromatic carbocycles. The third-order valence-corrected chi connectivity index (χ3v) is 4.40. The topological polar surface area (TPSA) is 70.7 Å². The van der Waals surface area contributed by atoms with E-state index < -0.39 is 5.60 Å². The quantitative estimate of drug-likeness (QED) is 0.830. The van der Waals surface area contributed by atoms with E-state index in [9.17, 15) is 9.59 Å². The molecule has 0 atom stereocenters. The minimum absolute atomic E-state index is 0.135. The number of nitrogens with one attached hydrogen (secondary N) is 2. The molecular formula is C17H31N3O3. The van der Waals surface area contributed by atoms with Crippen molar-refractivity contribution in [2.75, 3.05) is 19.6 Å². The fourth-order valence-electron chi connectivity index (χ4n) is 3.26. The number of nitrogens with zero attached hydrogens (tertiary/aromatic N) is 1. The number of hydrogen-bond donors (Lipinski definition) is 2. The van der Waals surface area contributed by atoms with Gasteiger partial charge >= 0.3 is 6.09 Å². The van der Waals surface area contributed by atoms with Gasteiger partial charge in [0.2, 0.25) is 5.91 Å². The van der Waals surface area contributed by atoms with Crippen molar-refractivity contribution < 1.29 is 14.3 Å². The van der Waals surface area contributed by atoms with Crippen molar-refractivity contribution in [2.45, 2.75) is 77.0 Å². The van der Waals surface area contributed by atoms with Crippen LogP contribution in [0.4, 0.5) is 4.79 Å². The van der Waals surface area contributed by atoms with Gasteiger partial charge < -0.3 is 15.4 Å². The molecule has 0 unspecified atom stereocenters. The SMILES string of the molecule is CC(C)(C)OC(=O)NC1CCN(CC(=O)NC2CCCC2)CC1. The molecule has 2 N–H and O–H groups in total. The first kappa shape index (κ1) is 18.0. The van der Waals surface area contributed by atoms with Crippen LogP contribution < -0.4 is 10.6 Å². The Kier molecular flexibility index (Phi) is 6.27. The molecule has 0 spiro atoms. The Hall–Kier alpha value is -1.30. The zero-order chi connectivity index (χ0) is 16.9. The molecule has 1 heterocycles. The Balaban J connectivity index is 1.63. The molecule has 1 saturated carbocycles. The van der Waals surface area contributed by atoms with E-state index >= 15 is 0 Å². The lowest BCUT2D eigenvalue weighted by Crippen LogP contribution is -2.49. The lowest BCUT2D eigenvalue weighted by molar-refractivity contribution is -0.123. The standard InChI is InChI=1S/C17H31N3O3/c1-17(2,3)23-16(22)19-14-8-10-20(11-9-14)12-15(21)18-13-6-4-5-7-13/h13-14H,4-12H2,1-3H3,(H,18,21)(H,19,22). The van der Waals surface area contributed by atoms with Crippen LogP contribution in [0, 0.1) is 0 Å². The van der Waals surface area contributed by atoms with Crippen molar-refractivity contribution in [1.29, 1.82) is 0 Å². The van der Waals surface area contributed by atoms with E-state index in [2.05, 4.69) is 15.5 Å². The van der Waals surface area contributed by atoms with Gasteiger partial charge in [-0.25, -0.2) is 4.79 Å². The van der Waals surface area contributed by atoms with Crippen molar-refractivity contribution in [3.05, 3.63) is 0 Å². The Labute approximate surface area is 139 Å². The Morgan fingerprint density at radius 1 is 1.00 bits per heavy atom. The molecule has 2 amide bonds. The fraction of sp³-hybridized carbons (Fsp3) is 0.882. The third-order valence-electron chi connectivity index (χ3n) is 4.40. The van der Waals surface area contributed by atoms with E-state index in [1.54, 1.807) is 0 Å². The van der Waals surface area contributed by atoms with E-state index in [0.717, 1.165) is 38.8 Å². The van der Waals surface area contributed by atoms with Crippen molar-refractivity contribution in [3.63, 3.8) is 0 Å². The number of carbonyl (C=O) groups excluding carboxylic acids is 2. The summed E-state index contributed by atoms with van der Waals surface area (Å²) < 4.78 is 5.28. The number of rotatable bonds is 4. The highest BCUT2D eigenvalue weighted by Gasteiger charge is 2.25. The van der Waals surface area contributed by atoms with Crippen LogP contribution in [0.3, 0.4) is 0 Å². The molecule has 6 nitrogen and oxygen atoms in total. The second kappa shape index (κ2) is 7.99. The van der Waals surface area contributed by atoms with Crippen molar-refractivity contribution in [2.24, 2.45) is 0 Å². The first-order valence-corrected chi connectivity index (χ1v) is 8.83. The summed E-state index contributed by atoms with van der Waals surface area (Å²) in [6.07, 6.45) is 6.06. The summed E-state index contributed by atoms with van der Waals surface area (Å²) in [5.74, 6) is 0.135. The van der Waals surface area contributed by atoms with E-state index in [0.29, 0.717) is 12.6 Å². The summed E-state index contributed by atoms with van der Waals surface area (Å²) in [6.45, 7) is 7.71. The third kappa shape index (κ3) is 6.77. The van der Waals surface area contributed by atoms with Crippen LogP contribution in [0.1, 0.15) is 59.3 Å². The average Bonchev–Trinajstić information content (AvgIpc) is 2.91. The summed E-state index contributed by atoms with van der Waals surface area (Å²) in [5.41, 5.74) is -0.469. The first-order valence-electron chi connectivity index (χ1n) is 8.83. The second-order valence-corrected chi connectivity index (χ2v) is 7.75. The molecule has 2 rings (SSSR count). The smallest absolute Gasteiger partial charge is 0.407 e. The Morgan fingerprint density at radius 3 is 2.13 bits per heavy atom. The minimum Gasteiger partial charge on any atom is -0.444 e. The van der Waals surface area contributed by atoms with Gasteiger partial charge in [-0.3, -0.25) is 9.69 Å². The van der Waals surface area contributed by atoms with Crippen LogP contribution in [-0.4, -0.2) is 54.2 Å². The molecule has 1 saturated heterocycles. The molecule has 2 fully saturated rings. The predicted molar refractivity (Wildman–Crippen MR) is 89.2 cm³/mol. The van der Waals surface area contributed by atoms with E-state index in [1.807, 2.05) is 20.8 Å². The molecule has 23 heavy (non-hydrogen) atoms. The molecule has 2 aliphatic rings. The molecule has 6 heteroatoms. The Morgan fingerprint density at radius 2 is 1.57 bits per heavy atom. The number of piperidine rings is 1. The van der Waals surface area contributed by atoms with E-state index in [4.69, 9.17) is 4.74 Å². The van der Waals surface area contributed by atoms with Crippen LogP contribution in [0.25, 0.3) is 0 Å². The molecular weight excluding hydrogens is 294 g/mol. The van der Waals surface area contributed by atoms with Crippen molar-refractivity contribution in [3.8, 4) is 0 Å². The monoisotopic (exact) mass is 325 g/mol. The van der Waals surface area contributed by atoms with Crippen LogP contribution >= 0.6 is 0 Å². The average molecular weight is 325 g/mol. The number of carbonyl (C=O) groups is 2. The summed E-state index contributed by atoms with van der Waals surface area (Å²) in [5, 5.41) is 6.04. The highest BCUT2D eigenvalue weighted by molar-refractivity contribution is 5.78. The largest absolute Gasteiger partial charge is 0.444 e. The maximum absolute atomic E-state index is 12.0. The lowest BCUT2D eigenvalue weighted by atomic mass is 10.1. The summed E-state index contributed by atoms with van der Waals surface area (Å²) in [4.78, 5) is 26.0. The van der Waals surface area contributed by atoms with Crippen molar-refractivity contribution >= 4 is 12.0 Å². The molecule has 0 bridgehead atoms. The van der Waals surface area contributed by atoms with Crippen LogP contribution in [0.5, 0.6) is 0 Å². The van der Waals surface area contributed by atoms with Gasteiger partial charge in [0, 0.05) is 25.2 Å². The predicted octanol–water partition coefficient (Wildman–Crippen LogP) is 2.03. The van der Waals surface area contributed by atoms with E-state index in [-0.39, 0.29) is 18.0 Å². The van der Waals surface area contributed by atoms with Gasteiger partial charge in [0.25, 0.3) is 0 Å². The van der Waals surface area contributed by atoms with E-state index in [1.165, 1.54) is 12.8 Å². The second-order valence-electron chi connectivity index (χ2n) is 7.75. The van der Waals surface area contributed by atoms with Gasteiger partial charge in [-0.05, 0) is 46.5 Å². The number of amides is 2. The van der Waals surface area contributed by atoms with Gasteiger partial charge in [0.05, 0.1) is 6.54 Å². The zero-order valence-corrected chi connectivity index (χ0v) is 14.7. The van der Waals surface area contributed by atoms with Crippen molar-refractivity contribution in [1.82, 2.24) is 15.5 Å². The van der Waals surface area contributed by atoms with Gasteiger partial charge in [-0.15, -0.1) is 0 Å². The zero-order valence-electron chi connectivity index (χ0n) is 14.7. The molecule has 0 aromatic rings. The molecule has 0 radical (unpaired) electrons. The number of ether oxygens (including phenoxy) is 1. The maximum Gasteiger partial charge on any atom is 0.407 e. The molecule has 0 aromatic heterocycles. The summed E-state index contributed by atoms with van der Waals surface area (Å²) in [6, 6.07) is 0.521. The van der Waals surface area contributed by atoms with Gasteiger partial charge in [0.1, 0.15) is 5.60 Å². The number of hydrogen-bond acceptors (Lipinski definition) is 4. The Bertz CT molecular complexity index is 406. The van der Waals surface area contributed by atoms with Crippen LogP contribution in [0.2, 0.25) is 0 Å². The normalized spacial score (nSPS) is 21.2. The molecule has 1 aliphatic heterocycles. The summed E-state index contributed by atoms with van der Waals surface area (Å²) in [7, 11) is 0. The van der Waals surface area contributed by atoms with Gasteiger partial charge in [-0.1, -0.05) is 12.8 Å². The highest BCUT2D eigenvalue weighted by atomic mass is 16.6. The molecule has 1 aliphatic carbocycles. The fourth-order valence-corrected chi connectivity index (χ4v) is 3.26. The molecule has 132 valence electrons. The lowest BCUT2D eigenvalue weighted by Gasteiger charge is -2.32. The number of likely N-dealkylation sites (tertiary alicyclic amines) is 1. The van der Waals surface area contributed by atoms with Crippen LogP contribution in [0.15, 0.2) is 0 Å². The highest BCUT2D eigenvalue weighted by Crippen LogP contribution is 2.18. The summed E-state index contributed by atoms with van der Waals surface area (Å²) >= 11 is 0. The van der Waals surface area contributed by atoms with Gasteiger partial charge in [-0.2, -0.15) is 0 Å². The van der Waals surface area contributed by atoms with Crippen LogP contribution in [-0.2, 0) is 9.53 Å². The minimum atomic E-state index is -0.469. The maximum atomic E-state index is 12.0. The first-order chi connectivity index (χ1) is 10.8. The van der Waals surface area contributed by atoms with Gasteiger partial charge in [0.15, 0.2) is 0 Å².